The number of carbonyl (C=O) groups is 1. The lowest BCUT2D eigenvalue weighted by atomic mass is 10.0. The zero-order valence-electron chi connectivity index (χ0n) is 14.6. The first kappa shape index (κ1) is 22.8. The molecule has 0 radical (unpaired) electrons. The molecule has 4 heteroatoms. The molecule has 4 nitrogen and oxygen atoms in total. The number of aliphatic hydroxyl groups is 1. The molecule has 0 saturated carbocycles. The van der Waals surface area contributed by atoms with E-state index in [0.29, 0.717) is 11.8 Å². The van der Waals surface area contributed by atoms with Crippen molar-refractivity contribution in [2.24, 2.45) is 0 Å². The van der Waals surface area contributed by atoms with Gasteiger partial charge in [0.1, 0.15) is 5.71 Å². The molecule has 0 aromatic heterocycles. The number of hydrogen-bond donors (Lipinski definition) is 3. The zero-order valence-corrected chi connectivity index (χ0v) is 14.6. The van der Waals surface area contributed by atoms with Gasteiger partial charge in [-0.2, -0.15) is 0 Å². The molecule has 0 heterocycles. The van der Waals surface area contributed by atoms with Crippen LogP contribution < -0.4 is 5.32 Å². The van der Waals surface area contributed by atoms with E-state index < -0.39 is 5.60 Å². The van der Waals surface area contributed by atoms with Crippen LogP contribution in [0.4, 0.5) is 0 Å². The van der Waals surface area contributed by atoms with Gasteiger partial charge < -0.3 is 10.4 Å². The fraction of sp³-hybridized carbons (Fsp3) is 0.556. The van der Waals surface area contributed by atoms with Crippen molar-refractivity contribution in [1.82, 2.24) is 5.32 Å². The Labute approximate surface area is 135 Å². The quantitative estimate of drug-likeness (QED) is 0.557. The third kappa shape index (κ3) is 13.5. The summed E-state index contributed by atoms with van der Waals surface area (Å²) in [7, 11) is 1.96. The van der Waals surface area contributed by atoms with E-state index in [1.165, 1.54) is 6.42 Å². The maximum atomic E-state index is 10.1. The Kier molecular flexibility index (Phi) is 14.9. The lowest BCUT2D eigenvalue weighted by Crippen LogP contribution is -2.20. The Hall–Kier alpha value is -1.52. The molecular weight excluding hydrogens is 276 g/mol. The molecule has 1 aromatic carbocycles. The van der Waals surface area contributed by atoms with Crippen LogP contribution in [-0.4, -0.2) is 36.3 Å². The van der Waals surface area contributed by atoms with E-state index in [-0.39, 0.29) is 5.71 Å². The van der Waals surface area contributed by atoms with Crippen LogP contribution in [0, 0.1) is 5.41 Å². The van der Waals surface area contributed by atoms with Gasteiger partial charge in [0, 0.05) is 5.56 Å². The molecule has 0 saturated heterocycles. The van der Waals surface area contributed by atoms with Gasteiger partial charge in [0.05, 0.1) is 5.60 Å². The number of rotatable bonds is 6. The Morgan fingerprint density at radius 3 is 1.95 bits per heavy atom. The summed E-state index contributed by atoms with van der Waals surface area (Å²) in [6, 6.07) is 8.91. The highest BCUT2D eigenvalue weighted by molar-refractivity contribution is 6.34. The summed E-state index contributed by atoms with van der Waals surface area (Å²) in [5, 5.41) is 19.3. The van der Waals surface area contributed by atoms with Crippen LogP contribution in [0.3, 0.4) is 0 Å². The minimum atomic E-state index is -0.417. The molecule has 0 spiro atoms. The number of hydrogen-bond acceptors (Lipinski definition) is 4. The Morgan fingerprint density at radius 2 is 1.73 bits per heavy atom. The van der Waals surface area contributed by atoms with E-state index in [9.17, 15) is 4.79 Å². The van der Waals surface area contributed by atoms with Crippen molar-refractivity contribution in [2.75, 3.05) is 13.6 Å². The summed E-state index contributed by atoms with van der Waals surface area (Å²) < 4.78 is 0. The Bertz CT molecular complexity index is 381. The smallest absolute Gasteiger partial charge is 0.168 e. The molecule has 0 unspecified atom stereocenters. The summed E-state index contributed by atoms with van der Waals surface area (Å²) >= 11 is 0. The van der Waals surface area contributed by atoms with E-state index >= 15 is 0 Å². The van der Waals surface area contributed by atoms with Crippen LogP contribution >= 0.6 is 0 Å². The van der Waals surface area contributed by atoms with Crippen molar-refractivity contribution >= 4 is 12.0 Å². The SMILES string of the molecule is CCC(C)(O)CC.CCCNC.N=C(C=O)c1ccccc1. The summed E-state index contributed by atoms with van der Waals surface area (Å²) in [6.45, 7) is 9.12. The van der Waals surface area contributed by atoms with Crippen LogP contribution in [0.2, 0.25) is 0 Å². The number of aldehydes is 1. The largest absolute Gasteiger partial charge is 0.390 e. The van der Waals surface area contributed by atoms with E-state index in [4.69, 9.17) is 10.5 Å². The standard InChI is InChI=1S/C8H7NO.C6H14O.C4H11N/c9-8(6-10)7-4-2-1-3-5-7;1-4-6(3,7)5-2;1-3-4-5-2/h1-6,9H;7H,4-5H2,1-3H3;5H,3-4H2,1-2H3. The fourth-order valence-electron chi connectivity index (χ4n) is 1.19. The summed E-state index contributed by atoms with van der Waals surface area (Å²) in [5.41, 5.74) is 0.276. The van der Waals surface area contributed by atoms with Gasteiger partial charge in [-0.05, 0) is 39.8 Å². The van der Waals surface area contributed by atoms with Crippen LogP contribution in [-0.2, 0) is 4.79 Å². The van der Waals surface area contributed by atoms with E-state index in [2.05, 4.69) is 12.2 Å². The molecular formula is C18H32N2O2. The van der Waals surface area contributed by atoms with Gasteiger partial charge in [0.15, 0.2) is 6.29 Å². The highest BCUT2D eigenvalue weighted by Gasteiger charge is 2.12. The second-order valence-electron chi connectivity index (χ2n) is 5.21. The molecule has 0 aliphatic heterocycles. The molecule has 0 atom stereocenters. The minimum absolute atomic E-state index is 0.0283. The van der Waals surface area contributed by atoms with Gasteiger partial charge in [-0.25, -0.2) is 0 Å². The highest BCUT2D eigenvalue weighted by atomic mass is 16.3. The predicted octanol–water partition coefficient (Wildman–Crippen LogP) is 3.43. The van der Waals surface area contributed by atoms with E-state index in [1.807, 2.05) is 33.9 Å². The van der Waals surface area contributed by atoms with Crippen LogP contribution in [0.1, 0.15) is 52.5 Å². The molecule has 0 amide bonds. The molecule has 0 fully saturated rings. The first-order valence-electron chi connectivity index (χ1n) is 7.84. The third-order valence-electron chi connectivity index (χ3n) is 3.23. The van der Waals surface area contributed by atoms with Crippen LogP contribution in [0.5, 0.6) is 0 Å². The molecule has 0 aliphatic carbocycles. The second kappa shape index (κ2) is 14.4. The molecule has 126 valence electrons. The molecule has 0 aliphatic rings. The lowest BCUT2D eigenvalue weighted by Gasteiger charge is -2.17. The van der Waals surface area contributed by atoms with Crippen molar-refractivity contribution in [1.29, 1.82) is 5.41 Å². The van der Waals surface area contributed by atoms with Gasteiger partial charge in [-0.15, -0.1) is 0 Å². The van der Waals surface area contributed by atoms with E-state index in [0.717, 1.165) is 19.4 Å². The van der Waals surface area contributed by atoms with E-state index in [1.54, 1.807) is 24.3 Å². The first-order chi connectivity index (χ1) is 10.4. The normalized spacial score (nSPS) is 9.73. The Morgan fingerprint density at radius 1 is 1.23 bits per heavy atom. The summed E-state index contributed by atoms with van der Waals surface area (Å²) in [4.78, 5) is 10.1. The fourth-order valence-corrected chi connectivity index (χ4v) is 1.19. The minimum Gasteiger partial charge on any atom is -0.390 e. The summed E-state index contributed by atoms with van der Waals surface area (Å²) in [6.07, 6.45) is 3.47. The topological polar surface area (TPSA) is 73.2 Å². The van der Waals surface area contributed by atoms with Gasteiger partial charge >= 0.3 is 0 Å². The average molecular weight is 308 g/mol. The van der Waals surface area contributed by atoms with Crippen molar-refractivity contribution in [3.8, 4) is 0 Å². The van der Waals surface area contributed by atoms with Gasteiger partial charge in [0.2, 0.25) is 0 Å². The third-order valence-corrected chi connectivity index (χ3v) is 3.23. The second-order valence-corrected chi connectivity index (χ2v) is 5.21. The molecule has 0 bridgehead atoms. The highest BCUT2D eigenvalue weighted by Crippen LogP contribution is 2.11. The van der Waals surface area contributed by atoms with Crippen LogP contribution in [0.25, 0.3) is 0 Å². The van der Waals surface area contributed by atoms with Gasteiger partial charge in [-0.3, -0.25) is 10.2 Å². The van der Waals surface area contributed by atoms with Crippen molar-refractivity contribution in [2.45, 2.75) is 52.6 Å². The van der Waals surface area contributed by atoms with Crippen LogP contribution in [0.15, 0.2) is 30.3 Å². The lowest BCUT2D eigenvalue weighted by molar-refractivity contribution is -0.102. The molecule has 3 N–H and O–H groups in total. The van der Waals surface area contributed by atoms with Crippen molar-refractivity contribution < 1.29 is 9.90 Å². The first-order valence-corrected chi connectivity index (χ1v) is 7.84. The summed E-state index contributed by atoms with van der Waals surface area (Å²) in [5.74, 6) is 0. The molecule has 1 aromatic rings. The zero-order chi connectivity index (χ0) is 17.4. The average Bonchev–Trinajstić information content (AvgIpc) is 2.57. The number of carbonyl (C=O) groups excluding carboxylic acids is 1. The predicted molar refractivity (Wildman–Crippen MR) is 94.8 cm³/mol. The number of benzene rings is 1. The van der Waals surface area contributed by atoms with Crippen molar-refractivity contribution in [3.05, 3.63) is 35.9 Å². The maximum absolute atomic E-state index is 10.1. The Balaban J connectivity index is 0. The molecule has 22 heavy (non-hydrogen) atoms. The maximum Gasteiger partial charge on any atom is 0.168 e. The monoisotopic (exact) mass is 308 g/mol. The number of nitrogens with one attached hydrogen (secondary N) is 2. The van der Waals surface area contributed by atoms with Gasteiger partial charge in [0.25, 0.3) is 0 Å². The van der Waals surface area contributed by atoms with Crippen molar-refractivity contribution in [3.63, 3.8) is 0 Å². The van der Waals surface area contributed by atoms with Gasteiger partial charge in [-0.1, -0.05) is 51.1 Å². The molecule has 1 rings (SSSR count).